The fourth-order valence-corrected chi connectivity index (χ4v) is 3.55. The van der Waals surface area contributed by atoms with Crippen LogP contribution >= 0.6 is 0 Å². The first-order valence-electron chi connectivity index (χ1n) is 10.7. The molecule has 164 valence electrons. The predicted molar refractivity (Wildman–Crippen MR) is 123 cm³/mol. The highest BCUT2D eigenvalue weighted by Gasteiger charge is 2.14. The van der Waals surface area contributed by atoms with E-state index in [9.17, 15) is 9.18 Å². The summed E-state index contributed by atoms with van der Waals surface area (Å²) in [6, 6.07) is 14.7. The van der Waals surface area contributed by atoms with E-state index in [4.69, 9.17) is 9.47 Å². The third-order valence-corrected chi connectivity index (χ3v) is 5.21. The molecule has 0 spiro atoms. The summed E-state index contributed by atoms with van der Waals surface area (Å²) < 4.78 is 24.4. The Bertz CT molecular complexity index is 1030. The van der Waals surface area contributed by atoms with Crippen molar-refractivity contribution in [1.82, 2.24) is 0 Å². The fourth-order valence-electron chi connectivity index (χ4n) is 3.55. The third-order valence-electron chi connectivity index (χ3n) is 5.21. The molecule has 3 aromatic carbocycles. The number of unbranched alkanes of at least 4 members (excludes halogenated alkanes) is 1. The summed E-state index contributed by atoms with van der Waals surface area (Å²) in [6.07, 6.45) is 3.01. The molecule has 31 heavy (non-hydrogen) atoms. The van der Waals surface area contributed by atoms with E-state index in [0.29, 0.717) is 26.1 Å². The molecule has 0 radical (unpaired) electrons. The van der Waals surface area contributed by atoms with Crippen LogP contribution in [-0.2, 0) is 16.0 Å². The van der Waals surface area contributed by atoms with Crippen molar-refractivity contribution in [3.63, 3.8) is 0 Å². The van der Waals surface area contributed by atoms with Gasteiger partial charge in [0.05, 0.1) is 19.6 Å². The fraction of sp³-hybridized carbons (Fsp3) is 0.346. The normalized spacial score (nSPS) is 11.0. The van der Waals surface area contributed by atoms with Crippen molar-refractivity contribution in [2.75, 3.05) is 25.6 Å². The van der Waals surface area contributed by atoms with Gasteiger partial charge in [-0.25, -0.2) is 4.39 Å². The summed E-state index contributed by atoms with van der Waals surface area (Å²) in [6.45, 7) is 5.16. The third kappa shape index (κ3) is 6.05. The van der Waals surface area contributed by atoms with Crippen molar-refractivity contribution in [3.05, 3.63) is 71.0 Å². The van der Waals surface area contributed by atoms with Gasteiger partial charge in [0.1, 0.15) is 11.6 Å². The van der Waals surface area contributed by atoms with Crippen molar-refractivity contribution in [3.8, 4) is 5.75 Å². The summed E-state index contributed by atoms with van der Waals surface area (Å²) in [7, 11) is 1.58. The summed E-state index contributed by atoms with van der Waals surface area (Å²) in [5.74, 6) is 0.519. The Morgan fingerprint density at radius 1 is 1.00 bits per heavy atom. The number of benzene rings is 3. The average Bonchev–Trinajstić information content (AvgIpc) is 2.76. The quantitative estimate of drug-likeness (QED) is 0.405. The number of amides is 1. The molecule has 0 bridgehead atoms. The van der Waals surface area contributed by atoms with Gasteiger partial charge < -0.3 is 14.8 Å². The Morgan fingerprint density at radius 3 is 2.45 bits per heavy atom. The van der Waals surface area contributed by atoms with Crippen molar-refractivity contribution in [2.24, 2.45) is 0 Å². The molecule has 3 rings (SSSR count). The first-order valence-corrected chi connectivity index (χ1v) is 10.7. The molecular weight excluding hydrogens is 393 g/mol. The van der Waals surface area contributed by atoms with E-state index in [1.807, 2.05) is 19.1 Å². The molecule has 1 amide bonds. The molecule has 0 aliphatic carbocycles. The maximum Gasteiger partial charge on any atom is 0.226 e. The van der Waals surface area contributed by atoms with E-state index < -0.39 is 0 Å². The van der Waals surface area contributed by atoms with E-state index in [1.165, 1.54) is 12.1 Å². The molecule has 0 heterocycles. The van der Waals surface area contributed by atoms with Gasteiger partial charge in [-0.05, 0) is 60.7 Å². The van der Waals surface area contributed by atoms with Gasteiger partial charge in [-0.15, -0.1) is 0 Å². The Labute approximate surface area is 183 Å². The molecular formula is C26H30FNO3. The van der Waals surface area contributed by atoms with Crippen LogP contribution in [0.15, 0.2) is 48.5 Å². The van der Waals surface area contributed by atoms with Gasteiger partial charge >= 0.3 is 0 Å². The first kappa shape index (κ1) is 22.8. The maximum atomic E-state index is 13.2. The molecule has 0 aliphatic rings. The number of ether oxygens (including phenoxy) is 2. The van der Waals surface area contributed by atoms with Crippen molar-refractivity contribution in [2.45, 2.75) is 39.5 Å². The van der Waals surface area contributed by atoms with E-state index in [2.05, 4.69) is 24.4 Å². The second kappa shape index (κ2) is 10.9. The number of carbonyl (C=O) groups excluding carboxylic acids is 1. The molecule has 5 heteroatoms. The lowest BCUT2D eigenvalue weighted by Gasteiger charge is -2.17. The largest absolute Gasteiger partial charge is 0.493 e. The van der Waals surface area contributed by atoms with Crippen LogP contribution < -0.4 is 10.1 Å². The minimum atomic E-state index is -0.243. The van der Waals surface area contributed by atoms with Crippen LogP contribution in [0.3, 0.4) is 0 Å². The summed E-state index contributed by atoms with van der Waals surface area (Å²) in [5.41, 5.74) is 3.85. The Hall–Kier alpha value is -2.92. The summed E-state index contributed by atoms with van der Waals surface area (Å²) in [4.78, 5) is 12.4. The van der Waals surface area contributed by atoms with Crippen molar-refractivity contribution >= 4 is 22.4 Å². The van der Waals surface area contributed by atoms with Crippen molar-refractivity contribution < 1.29 is 18.7 Å². The molecule has 0 saturated heterocycles. The van der Waals surface area contributed by atoms with Gasteiger partial charge in [-0.2, -0.15) is 0 Å². The van der Waals surface area contributed by atoms with Crippen LogP contribution in [0.4, 0.5) is 10.1 Å². The highest BCUT2D eigenvalue weighted by atomic mass is 19.1. The van der Waals surface area contributed by atoms with Crippen molar-refractivity contribution in [1.29, 1.82) is 0 Å². The molecule has 0 aromatic heterocycles. The second-order valence-corrected chi connectivity index (χ2v) is 7.75. The second-order valence-electron chi connectivity index (χ2n) is 7.75. The molecule has 3 aromatic rings. The number of aryl methyl sites for hydroxylation is 1. The Balaban J connectivity index is 1.99. The number of anilines is 1. The van der Waals surface area contributed by atoms with Gasteiger partial charge in [0.2, 0.25) is 5.91 Å². The molecule has 0 aliphatic heterocycles. The van der Waals surface area contributed by atoms with Crippen LogP contribution in [0.2, 0.25) is 0 Å². The number of rotatable bonds is 10. The molecule has 4 nitrogen and oxygen atoms in total. The monoisotopic (exact) mass is 423 g/mol. The number of hydrogen-bond donors (Lipinski definition) is 1. The molecule has 0 fully saturated rings. The lowest BCUT2D eigenvalue weighted by molar-refractivity contribution is -0.117. The molecule has 0 unspecified atom stereocenters. The lowest BCUT2D eigenvalue weighted by atomic mass is 9.98. The number of fused-ring (bicyclic) bond motifs is 1. The topological polar surface area (TPSA) is 47.6 Å². The van der Waals surface area contributed by atoms with Crippen LogP contribution in [-0.4, -0.2) is 26.2 Å². The van der Waals surface area contributed by atoms with Gasteiger partial charge in [0.25, 0.3) is 0 Å². The Kier molecular flexibility index (Phi) is 8.01. The highest BCUT2D eigenvalue weighted by molar-refractivity contribution is 6.05. The van der Waals surface area contributed by atoms with E-state index in [-0.39, 0.29) is 11.7 Å². The molecule has 0 atom stereocenters. The van der Waals surface area contributed by atoms with Crippen LogP contribution in [0.5, 0.6) is 5.75 Å². The van der Waals surface area contributed by atoms with Gasteiger partial charge in [0, 0.05) is 23.6 Å². The summed E-state index contributed by atoms with van der Waals surface area (Å²) >= 11 is 0. The number of halogens is 1. The highest BCUT2D eigenvalue weighted by Crippen LogP contribution is 2.36. The Morgan fingerprint density at radius 2 is 1.74 bits per heavy atom. The lowest BCUT2D eigenvalue weighted by Crippen LogP contribution is -2.14. The predicted octanol–water partition coefficient (Wildman–Crippen LogP) is 6.03. The number of methoxy groups -OCH3 is 1. The molecule has 0 saturated carbocycles. The van der Waals surface area contributed by atoms with Gasteiger partial charge in [-0.1, -0.05) is 37.6 Å². The minimum Gasteiger partial charge on any atom is -0.493 e. The zero-order valence-electron chi connectivity index (χ0n) is 18.5. The zero-order valence-corrected chi connectivity index (χ0v) is 18.5. The SMILES string of the molecule is CCCCOc1c(C)cc(NC(=O)CCOC)c2cc(Cc3ccc(F)cc3)ccc12. The number of nitrogens with one attached hydrogen (secondary N) is 1. The summed E-state index contributed by atoms with van der Waals surface area (Å²) in [5, 5.41) is 4.94. The molecule has 1 N–H and O–H groups in total. The van der Waals surface area contributed by atoms with Crippen LogP contribution in [0.25, 0.3) is 10.8 Å². The number of carbonyl (C=O) groups is 1. The van der Waals surface area contributed by atoms with Gasteiger partial charge in [-0.3, -0.25) is 4.79 Å². The minimum absolute atomic E-state index is 0.0915. The van der Waals surface area contributed by atoms with Crippen LogP contribution in [0, 0.1) is 12.7 Å². The average molecular weight is 424 g/mol. The smallest absolute Gasteiger partial charge is 0.226 e. The first-order chi connectivity index (χ1) is 15.0. The van der Waals surface area contributed by atoms with E-state index in [0.717, 1.165) is 51.7 Å². The zero-order chi connectivity index (χ0) is 22.2. The maximum absolute atomic E-state index is 13.2. The van der Waals surface area contributed by atoms with Crippen LogP contribution in [0.1, 0.15) is 42.9 Å². The van der Waals surface area contributed by atoms with E-state index >= 15 is 0 Å². The van der Waals surface area contributed by atoms with Gasteiger partial charge in [0.15, 0.2) is 0 Å². The standard InChI is InChI=1S/C26H30FNO3/c1-4-5-13-31-26-18(2)15-24(28-25(29)12-14-30-3)23-17-20(8-11-22(23)26)16-19-6-9-21(27)10-7-19/h6-11,15,17H,4-5,12-14,16H2,1-3H3,(H,28,29). The number of hydrogen-bond acceptors (Lipinski definition) is 3. The van der Waals surface area contributed by atoms with E-state index in [1.54, 1.807) is 19.2 Å².